The predicted octanol–water partition coefficient (Wildman–Crippen LogP) is 3.35. The van der Waals surface area contributed by atoms with Gasteiger partial charge in [-0.2, -0.15) is 5.10 Å². The first-order chi connectivity index (χ1) is 14.2. The highest BCUT2D eigenvalue weighted by atomic mass is 16.3. The quantitative estimate of drug-likeness (QED) is 0.633. The maximum absolute atomic E-state index is 10.5. The molecule has 0 spiro atoms. The number of rotatable bonds is 4. The molecule has 3 atom stereocenters. The van der Waals surface area contributed by atoms with Gasteiger partial charge in [0.15, 0.2) is 5.82 Å². The number of H-pyrrole nitrogens is 1. The lowest BCUT2D eigenvalue weighted by Gasteiger charge is -2.43. The van der Waals surface area contributed by atoms with E-state index in [-0.39, 0.29) is 5.75 Å². The molecule has 150 valence electrons. The molecule has 0 radical (unpaired) electrons. The number of aromatic amines is 1. The Bertz CT molecular complexity index is 959. The lowest BCUT2D eigenvalue weighted by molar-refractivity contribution is 0.219. The van der Waals surface area contributed by atoms with Gasteiger partial charge in [-0.25, -0.2) is 0 Å². The third kappa shape index (κ3) is 3.58. The number of nitrogens with one attached hydrogen (secondary N) is 2. The van der Waals surface area contributed by atoms with E-state index in [4.69, 9.17) is 0 Å². The van der Waals surface area contributed by atoms with Crippen LogP contribution < -0.4 is 10.2 Å². The summed E-state index contributed by atoms with van der Waals surface area (Å²) in [4.78, 5) is 2.27. The number of nitrogens with zero attached hydrogens (tertiary/aromatic N) is 4. The van der Waals surface area contributed by atoms with E-state index in [2.05, 4.69) is 37.7 Å². The molecular weight excluding hydrogens is 364 g/mol. The third-order valence-corrected chi connectivity index (χ3v) is 6.35. The van der Waals surface area contributed by atoms with E-state index in [1.54, 1.807) is 18.5 Å². The van der Waals surface area contributed by atoms with Gasteiger partial charge in [-0.1, -0.05) is 12.5 Å². The van der Waals surface area contributed by atoms with E-state index in [0.29, 0.717) is 29.4 Å². The molecule has 29 heavy (non-hydrogen) atoms. The molecule has 3 aromatic rings. The van der Waals surface area contributed by atoms with Gasteiger partial charge in [-0.15, -0.1) is 10.2 Å². The molecule has 3 N–H and O–H groups in total. The second kappa shape index (κ2) is 7.48. The largest absolute Gasteiger partial charge is 0.507 e. The number of fused-ring (bicyclic) bond motifs is 2. The summed E-state index contributed by atoms with van der Waals surface area (Å²) < 4.78 is 0. The molecule has 7 nitrogen and oxygen atoms in total. The number of benzene rings is 1. The van der Waals surface area contributed by atoms with Crippen molar-refractivity contribution < 1.29 is 5.11 Å². The van der Waals surface area contributed by atoms with Crippen LogP contribution in [-0.4, -0.2) is 50.7 Å². The maximum atomic E-state index is 10.5. The summed E-state index contributed by atoms with van der Waals surface area (Å²) >= 11 is 0. The van der Waals surface area contributed by atoms with Gasteiger partial charge in [0.05, 0.1) is 11.9 Å². The number of phenolic OH excluding ortho intramolecular Hbond substituents is 1. The first kappa shape index (κ1) is 18.1. The molecule has 0 unspecified atom stereocenters. The molecular formula is C22H26N6O. The van der Waals surface area contributed by atoms with Crippen LogP contribution in [-0.2, 0) is 0 Å². The summed E-state index contributed by atoms with van der Waals surface area (Å²) in [6.07, 6.45) is 9.75. The van der Waals surface area contributed by atoms with Crippen molar-refractivity contribution >= 4 is 5.82 Å². The van der Waals surface area contributed by atoms with Crippen molar-refractivity contribution in [2.45, 2.75) is 50.2 Å². The van der Waals surface area contributed by atoms with Crippen LogP contribution in [0.1, 0.15) is 32.1 Å². The Morgan fingerprint density at radius 1 is 1.03 bits per heavy atom. The van der Waals surface area contributed by atoms with Gasteiger partial charge in [0.25, 0.3) is 0 Å². The third-order valence-electron chi connectivity index (χ3n) is 6.35. The van der Waals surface area contributed by atoms with Crippen LogP contribution in [0.2, 0.25) is 0 Å². The normalized spacial score (nSPS) is 23.7. The summed E-state index contributed by atoms with van der Waals surface area (Å²) in [5.74, 6) is 1.07. The second-order valence-corrected chi connectivity index (χ2v) is 8.22. The zero-order chi connectivity index (χ0) is 19.8. The maximum Gasteiger partial charge on any atom is 0.151 e. The molecule has 2 saturated heterocycles. The molecule has 4 heterocycles. The summed E-state index contributed by atoms with van der Waals surface area (Å²) in [7, 11) is 2.12. The first-order valence-electron chi connectivity index (χ1n) is 10.3. The first-order valence-corrected chi connectivity index (χ1v) is 10.3. The number of hydrogen-bond acceptors (Lipinski definition) is 6. The van der Waals surface area contributed by atoms with Crippen LogP contribution in [0.25, 0.3) is 22.4 Å². The van der Waals surface area contributed by atoms with Gasteiger partial charge in [0, 0.05) is 42.5 Å². The highest BCUT2D eigenvalue weighted by Gasteiger charge is 2.33. The highest BCUT2D eigenvalue weighted by Crippen LogP contribution is 2.33. The number of piperidine rings is 2. The Morgan fingerprint density at radius 3 is 2.52 bits per heavy atom. The number of hydrogen-bond donors (Lipinski definition) is 3. The molecule has 2 aromatic heterocycles. The number of anilines is 1. The minimum Gasteiger partial charge on any atom is -0.507 e. The van der Waals surface area contributed by atoms with Crippen molar-refractivity contribution in [1.82, 2.24) is 25.7 Å². The molecule has 2 aliphatic rings. The van der Waals surface area contributed by atoms with Gasteiger partial charge >= 0.3 is 0 Å². The standard InChI is InChI=1S/C22H26N6O/c1-28(18-10-16-3-2-4-17(11-18)25-16)22-8-7-20(26-27-22)19-6-5-14(9-21(19)29)15-12-23-24-13-15/h5-9,12-13,16-18,25,29H,2-4,10-11H2,1H3,(H,23,24)/t16-,17+,18-. The molecule has 2 bridgehead atoms. The molecule has 5 rings (SSSR count). The lowest BCUT2D eigenvalue weighted by Crippen LogP contribution is -2.54. The van der Waals surface area contributed by atoms with Crippen LogP contribution in [0.4, 0.5) is 5.82 Å². The Balaban J connectivity index is 1.33. The highest BCUT2D eigenvalue weighted by molar-refractivity contribution is 5.73. The van der Waals surface area contributed by atoms with E-state index in [1.807, 2.05) is 24.3 Å². The number of phenols is 1. The second-order valence-electron chi connectivity index (χ2n) is 8.22. The van der Waals surface area contributed by atoms with Crippen molar-refractivity contribution in [3.05, 3.63) is 42.7 Å². The van der Waals surface area contributed by atoms with Gasteiger partial charge in [-0.3, -0.25) is 5.10 Å². The molecule has 1 aromatic carbocycles. The van der Waals surface area contributed by atoms with E-state index in [0.717, 1.165) is 29.8 Å². The zero-order valence-electron chi connectivity index (χ0n) is 16.5. The number of aromatic nitrogens is 4. The van der Waals surface area contributed by atoms with E-state index < -0.39 is 0 Å². The van der Waals surface area contributed by atoms with Crippen molar-refractivity contribution in [2.24, 2.45) is 0 Å². The molecule has 2 fully saturated rings. The van der Waals surface area contributed by atoms with Crippen LogP contribution in [0.5, 0.6) is 5.75 Å². The minimum absolute atomic E-state index is 0.185. The smallest absolute Gasteiger partial charge is 0.151 e. The Kier molecular flexibility index (Phi) is 4.67. The lowest BCUT2D eigenvalue weighted by atomic mass is 9.83. The van der Waals surface area contributed by atoms with E-state index in [1.165, 1.54) is 19.3 Å². The van der Waals surface area contributed by atoms with Crippen molar-refractivity contribution in [1.29, 1.82) is 0 Å². The topological polar surface area (TPSA) is 90.0 Å². The van der Waals surface area contributed by atoms with E-state index >= 15 is 0 Å². The van der Waals surface area contributed by atoms with Crippen LogP contribution >= 0.6 is 0 Å². The minimum atomic E-state index is 0.185. The summed E-state index contributed by atoms with van der Waals surface area (Å²) in [6.45, 7) is 0. The van der Waals surface area contributed by atoms with E-state index in [9.17, 15) is 5.11 Å². The van der Waals surface area contributed by atoms with Crippen LogP contribution in [0.3, 0.4) is 0 Å². The van der Waals surface area contributed by atoms with Gasteiger partial charge in [0.2, 0.25) is 0 Å². The van der Waals surface area contributed by atoms with Crippen LogP contribution in [0, 0.1) is 0 Å². The van der Waals surface area contributed by atoms with Crippen molar-refractivity contribution in [2.75, 3.05) is 11.9 Å². The Labute approximate surface area is 170 Å². The van der Waals surface area contributed by atoms with Crippen molar-refractivity contribution in [3.63, 3.8) is 0 Å². The molecule has 0 saturated carbocycles. The van der Waals surface area contributed by atoms with Gasteiger partial charge in [-0.05, 0) is 55.5 Å². The van der Waals surface area contributed by atoms with Gasteiger partial charge < -0.3 is 15.3 Å². The Hall–Kier alpha value is -2.93. The van der Waals surface area contributed by atoms with Gasteiger partial charge in [0.1, 0.15) is 5.75 Å². The van der Waals surface area contributed by atoms with Crippen molar-refractivity contribution in [3.8, 4) is 28.1 Å². The summed E-state index contributed by atoms with van der Waals surface area (Å²) in [5, 5.41) is 29.9. The monoisotopic (exact) mass is 390 g/mol. The molecule has 0 aliphatic carbocycles. The zero-order valence-corrected chi connectivity index (χ0v) is 16.5. The fraction of sp³-hybridized carbons (Fsp3) is 0.409. The molecule has 7 heteroatoms. The average molecular weight is 390 g/mol. The SMILES string of the molecule is CN(c1ccc(-c2ccc(-c3cn[nH]c3)cc2O)nn1)[C@@H]1C[C@H]2CCC[C@@H](C1)N2. The fourth-order valence-electron chi connectivity index (χ4n) is 4.73. The summed E-state index contributed by atoms with van der Waals surface area (Å²) in [6, 6.07) is 11.3. The fourth-order valence-corrected chi connectivity index (χ4v) is 4.73. The predicted molar refractivity (Wildman–Crippen MR) is 113 cm³/mol. The summed E-state index contributed by atoms with van der Waals surface area (Å²) in [5.41, 5.74) is 3.18. The number of aromatic hydroxyl groups is 1. The Morgan fingerprint density at radius 2 is 1.86 bits per heavy atom. The van der Waals surface area contributed by atoms with Crippen LogP contribution in [0.15, 0.2) is 42.7 Å². The average Bonchev–Trinajstić information content (AvgIpc) is 3.28. The molecule has 2 aliphatic heterocycles. The molecule has 0 amide bonds.